The molecule has 0 aliphatic carbocycles. The van der Waals surface area contributed by atoms with E-state index in [0.29, 0.717) is 19.6 Å². The molecule has 1 aliphatic rings. The van der Waals surface area contributed by atoms with Gasteiger partial charge in [-0.1, -0.05) is 18.2 Å². The Hall–Kier alpha value is -1.79. The predicted octanol–water partition coefficient (Wildman–Crippen LogP) is 1.82. The standard InChI is InChI=1S/C16H24N4O2.ClH/c1-12(10-17)18-15(21)13-6-5-9-20(11-13)16(22)19-14-7-3-2-4-8-14;/h2-4,7-8,12-13H,5-6,9-11,17H2,1H3,(H,18,21)(H,19,22);1H/t12-,13?;/m0./s1. The first-order valence-corrected chi connectivity index (χ1v) is 7.71. The molecule has 3 amide bonds. The zero-order chi connectivity index (χ0) is 15.9. The third-order valence-electron chi connectivity index (χ3n) is 3.85. The number of halogens is 1. The van der Waals surface area contributed by atoms with Gasteiger partial charge in [-0.25, -0.2) is 4.79 Å². The highest BCUT2D eigenvalue weighted by Gasteiger charge is 2.28. The van der Waals surface area contributed by atoms with Crippen LogP contribution >= 0.6 is 12.4 Å². The quantitative estimate of drug-likeness (QED) is 0.781. The van der Waals surface area contributed by atoms with E-state index in [1.165, 1.54) is 0 Å². The number of para-hydroxylation sites is 1. The first kappa shape index (κ1) is 19.3. The minimum atomic E-state index is -0.163. The smallest absolute Gasteiger partial charge is 0.321 e. The largest absolute Gasteiger partial charge is 0.352 e. The van der Waals surface area contributed by atoms with Gasteiger partial charge < -0.3 is 21.3 Å². The third kappa shape index (κ3) is 5.73. The molecule has 2 rings (SSSR count). The van der Waals surface area contributed by atoms with Gasteiger partial charge >= 0.3 is 6.03 Å². The van der Waals surface area contributed by atoms with E-state index in [1.807, 2.05) is 37.3 Å². The maximum atomic E-state index is 12.3. The second-order valence-corrected chi connectivity index (χ2v) is 5.73. The third-order valence-corrected chi connectivity index (χ3v) is 3.85. The molecule has 2 atom stereocenters. The van der Waals surface area contributed by atoms with Crippen LogP contribution in [0.25, 0.3) is 0 Å². The fourth-order valence-electron chi connectivity index (χ4n) is 2.52. The summed E-state index contributed by atoms with van der Waals surface area (Å²) >= 11 is 0. The first-order valence-electron chi connectivity index (χ1n) is 7.71. The molecule has 0 aromatic heterocycles. The Morgan fingerprint density at radius 1 is 1.35 bits per heavy atom. The number of carbonyl (C=O) groups excluding carboxylic acids is 2. The summed E-state index contributed by atoms with van der Waals surface area (Å²) in [6.45, 7) is 3.41. The molecule has 4 N–H and O–H groups in total. The number of hydrogen-bond acceptors (Lipinski definition) is 3. The topological polar surface area (TPSA) is 87.5 Å². The van der Waals surface area contributed by atoms with Gasteiger partial charge in [0.05, 0.1) is 5.92 Å². The van der Waals surface area contributed by atoms with E-state index >= 15 is 0 Å². The number of amides is 3. The average Bonchev–Trinajstić information content (AvgIpc) is 2.55. The summed E-state index contributed by atoms with van der Waals surface area (Å²) in [5.74, 6) is -0.181. The van der Waals surface area contributed by atoms with Crippen molar-refractivity contribution in [2.75, 3.05) is 25.0 Å². The van der Waals surface area contributed by atoms with Gasteiger partial charge in [0.25, 0.3) is 0 Å². The summed E-state index contributed by atoms with van der Waals surface area (Å²) < 4.78 is 0. The highest BCUT2D eigenvalue weighted by atomic mass is 35.5. The normalized spacial score (nSPS) is 18.5. The van der Waals surface area contributed by atoms with E-state index in [4.69, 9.17) is 5.73 Å². The highest BCUT2D eigenvalue weighted by Crippen LogP contribution is 2.18. The minimum absolute atomic E-state index is 0. The van der Waals surface area contributed by atoms with Crippen molar-refractivity contribution in [3.05, 3.63) is 30.3 Å². The maximum absolute atomic E-state index is 12.3. The Morgan fingerprint density at radius 2 is 2.04 bits per heavy atom. The Bertz CT molecular complexity index is 512. The van der Waals surface area contributed by atoms with Crippen LogP contribution in [0, 0.1) is 5.92 Å². The molecule has 7 heteroatoms. The van der Waals surface area contributed by atoms with Crippen molar-refractivity contribution >= 4 is 30.0 Å². The van der Waals surface area contributed by atoms with E-state index in [1.54, 1.807) is 4.90 Å². The fourth-order valence-corrected chi connectivity index (χ4v) is 2.52. The molecule has 0 saturated carbocycles. The molecular formula is C16H25ClN4O2. The van der Waals surface area contributed by atoms with Crippen LogP contribution in [-0.4, -0.2) is 42.5 Å². The molecule has 1 aromatic rings. The Labute approximate surface area is 143 Å². The molecule has 1 heterocycles. The van der Waals surface area contributed by atoms with Crippen molar-refractivity contribution in [1.82, 2.24) is 10.2 Å². The average molecular weight is 341 g/mol. The number of rotatable bonds is 4. The molecule has 1 saturated heterocycles. The van der Waals surface area contributed by atoms with Crippen LogP contribution in [-0.2, 0) is 4.79 Å². The van der Waals surface area contributed by atoms with Gasteiger partial charge in [-0.15, -0.1) is 12.4 Å². The lowest BCUT2D eigenvalue weighted by molar-refractivity contribution is -0.126. The Balaban J connectivity index is 0.00000264. The van der Waals surface area contributed by atoms with E-state index < -0.39 is 0 Å². The molecule has 6 nitrogen and oxygen atoms in total. The van der Waals surface area contributed by atoms with Crippen molar-refractivity contribution in [3.8, 4) is 0 Å². The summed E-state index contributed by atoms with van der Waals surface area (Å²) in [4.78, 5) is 26.1. The van der Waals surface area contributed by atoms with Crippen LogP contribution in [0.2, 0.25) is 0 Å². The lowest BCUT2D eigenvalue weighted by Gasteiger charge is -2.32. The van der Waals surface area contributed by atoms with Crippen LogP contribution < -0.4 is 16.4 Å². The number of nitrogens with two attached hydrogens (primary N) is 1. The van der Waals surface area contributed by atoms with Crippen molar-refractivity contribution in [2.45, 2.75) is 25.8 Å². The van der Waals surface area contributed by atoms with Gasteiger partial charge in [0.15, 0.2) is 0 Å². The zero-order valence-electron chi connectivity index (χ0n) is 13.3. The van der Waals surface area contributed by atoms with Crippen molar-refractivity contribution in [1.29, 1.82) is 0 Å². The number of likely N-dealkylation sites (tertiary alicyclic amines) is 1. The SMILES string of the molecule is C[C@@H](CN)NC(=O)C1CCCN(C(=O)Nc2ccccc2)C1.Cl. The molecule has 1 fully saturated rings. The van der Waals surface area contributed by atoms with Gasteiger partial charge in [0.1, 0.15) is 0 Å². The van der Waals surface area contributed by atoms with E-state index in [0.717, 1.165) is 18.5 Å². The van der Waals surface area contributed by atoms with Gasteiger partial charge in [0.2, 0.25) is 5.91 Å². The van der Waals surface area contributed by atoms with E-state index in [-0.39, 0.29) is 36.3 Å². The molecule has 0 bridgehead atoms. The molecule has 1 aliphatic heterocycles. The van der Waals surface area contributed by atoms with Gasteiger partial charge in [0, 0.05) is 31.4 Å². The number of piperidine rings is 1. The Kier molecular flexibility index (Phi) is 7.85. The lowest BCUT2D eigenvalue weighted by Crippen LogP contribution is -2.49. The minimum Gasteiger partial charge on any atom is -0.352 e. The van der Waals surface area contributed by atoms with Crippen molar-refractivity contribution < 1.29 is 9.59 Å². The molecule has 0 spiro atoms. The molecule has 0 radical (unpaired) electrons. The first-order chi connectivity index (χ1) is 10.6. The molecule has 1 aromatic carbocycles. The summed E-state index contributed by atoms with van der Waals surface area (Å²) in [6.07, 6.45) is 1.63. The van der Waals surface area contributed by atoms with Gasteiger partial charge in [-0.2, -0.15) is 0 Å². The molecule has 23 heavy (non-hydrogen) atoms. The summed E-state index contributed by atoms with van der Waals surface area (Å²) in [7, 11) is 0. The Morgan fingerprint density at radius 3 is 2.70 bits per heavy atom. The van der Waals surface area contributed by atoms with Crippen LogP contribution in [0.4, 0.5) is 10.5 Å². The number of nitrogens with zero attached hydrogens (tertiary/aromatic N) is 1. The number of carbonyl (C=O) groups is 2. The number of urea groups is 1. The molecule has 1 unspecified atom stereocenters. The number of hydrogen-bond donors (Lipinski definition) is 3. The van der Waals surface area contributed by atoms with Gasteiger partial charge in [-0.05, 0) is 31.9 Å². The predicted molar refractivity (Wildman–Crippen MR) is 93.7 cm³/mol. The monoisotopic (exact) mass is 340 g/mol. The molecule has 128 valence electrons. The maximum Gasteiger partial charge on any atom is 0.321 e. The second-order valence-electron chi connectivity index (χ2n) is 5.73. The number of benzene rings is 1. The van der Waals surface area contributed by atoms with E-state index in [2.05, 4.69) is 10.6 Å². The summed E-state index contributed by atoms with van der Waals surface area (Å²) in [6, 6.07) is 9.13. The van der Waals surface area contributed by atoms with Crippen molar-refractivity contribution in [3.63, 3.8) is 0 Å². The zero-order valence-corrected chi connectivity index (χ0v) is 14.1. The van der Waals surface area contributed by atoms with Crippen LogP contribution in [0.3, 0.4) is 0 Å². The van der Waals surface area contributed by atoms with E-state index in [9.17, 15) is 9.59 Å². The number of anilines is 1. The lowest BCUT2D eigenvalue weighted by atomic mass is 9.97. The summed E-state index contributed by atoms with van der Waals surface area (Å²) in [5.41, 5.74) is 6.28. The highest BCUT2D eigenvalue weighted by molar-refractivity contribution is 5.90. The van der Waals surface area contributed by atoms with Crippen LogP contribution in [0.1, 0.15) is 19.8 Å². The van der Waals surface area contributed by atoms with Crippen LogP contribution in [0.15, 0.2) is 30.3 Å². The van der Waals surface area contributed by atoms with Crippen LogP contribution in [0.5, 0.6) is 0 Å². The fraction of sp³-hybridized carbons (Fsp3) is 0.500. The van der Waals surface area contributed by atoms with Gasteiger partial charge in [-0.3, -0.25) is 4.79 Å². The van der Waals surface area contributed by atoms with Crippen molar-refractivity contribution in [2.24, 2.45) is 11.7 Å². The molecular weight excluding hydrogens is 316 g/mol. The second kappa shape index (κ2) is 9.37. The number of nitrogens with one attached hydrogen (secondary N) is 2. The summed E-state index contributed by atoms with van der Waals surface area (Å²) in [5, 5.41) is 5.74.